The standard InChI is InChI=1S/C14H23N3O2S/c1-3-13-16-9-12(20-13)8-15-11-4-6-17(7-5-11)14(18)10-19-2/h9,11,15H,3-8,10H2,1-2H3. The lowest BCUT2D eigenvalue weighted by molar-refractivity contribution is -0.136. The molecule has 1 N–H and O–H groups in total. The van der Waals surface area contributed by atoms with Crippen molar-refractivity contribution in [2.75, 3.05) is 26.8 Å². The van der Waals surface area contributed by atoms with Gasteiger partial charge in [-0.05, 0) is 19.3 Å². The van der Waals surface area contributed by atoms with Crippen molar-refractivity contribution in [3.63, 3.8) is 0 Å². The average Bonchev–Trinajstić information content (AvgIpc) is 2.94. The van der Waals surface area contributed by atoms with Crippen LogP contribution >= 0.6 is 11.3 Å². The second-order valence-corrected chi connectivity index (χ2v) is 6.24. The third-order valence-corrected chi connectivity index (χ3v) is 4.73. The third kappa shape index (κ3) is 4.26. The van der Waals surface area contributed by atoms with Crippen molar-refractivity contribution >= 4 is 17.2 Å². The zero-order valence-corrected chi connectivity index (χ0v) is 13.0. The van der Waals surface area contributed by atoms with E-state index in [0.29, 0.717) is 6.04 Å². The highest BCUT2D eigenvalue weighted by Crippen LogP contribution is 2.15. The summed E-state index contributed by atoms with van der Waals surface area (Å²) in [6.45, 7) is 4.85. The number of likely N-dealkylation sites (tertiary alicyclic amines) is 1. The Morgan fingerprint density at radius 1 is 1.55 bits per heavy atom. The van der Waals surface area contributed by atoms with E-state index in [9.17, 15) is 4.79 Å². The normalized spacial score (nSPS) is 16.6. The summed E-state index contributed by atoms with van der Waals surface area (Å²) in [6, 6.07) is 0.494. The number of piperidine rings is 1. The topological polar surface area (TPSA) is 54.5 Å². The number of methoxy groups -OCH3 is 1. The molecule has 20 heavy (non-hydrogen) atoms. The highest BCUT2D eigenvalue weighted by atomic mass is 32.1. The second-order valence-electron chi connectivity index (χ2n) is 5.04. The number of nitrogens with one attached hydrogen (secondary N) is 1. The molecular formula is C14H23N3O2S. The molecule has 2 rings (SSSR count). The summed E-state index contributed by atoms with van der Waals surface area (Å²) >= 11 is 1.78. The molecule has 0 spiro atoms. The van der Waals surface area contributed by atoms with E-state index in [0.717, 1.165) is 38.9 Å². The summed E-state index contributed by atoms with van der Waals surface area (Å²) in [5.41, 5.74) is 0. The molecule has 2 heterocycles. The van der Waals surface area contributed by atoms with Gasteiger partial charge in [0.25, 0.3) is 0 Å². The largest absolute Gasteiger partial charge is 0.375 e. The maximum absolute atomic E-state index is 11.7. The van der Waals surface area contributed by atoms with Gasteiger partial charge in [-0.1, -0.05) is 6.92 Å². The SMILES string of the molecule is CCc1ncc(CNC2CCN(C(=O)COC)CC2)s1. The number of aromatic nitrogens is 1. The molecule has 1 aliphatic heterocycles. The average molecular weight is 297 g/mol. The van der Waals surface area contributed by atoms with Gasteiger partial charge in [0.2, 0.25) is 5.91 Å². The molecule has 0 unspecified atom stereocenters. The summed E-state index contributed by atoms with van der Waals surface area (Å²) in [5, 5.41) is 4.76. The van der Waals surface area contributed by atoms with Gasteiger partial charge in [0.05, 0.1) is 5.01 Å². The molecule has 0 bridgehead atoms. The Morgan fingerprint density at radius 2 is 2.30 bits per heavy atom. The van der Waals surface area contributed by atoms with Gasteiger partial charge in [0, 0.05) is 43.9 Å². The van der Waals surface area contributed by atoms with Gasteiger partial charge in [-0.3, -0.25) is 4.79 Å². The van der Waals surface area contributed by atoms with Crippen LogP contribution in [0, 0.1) is 0 Å². The van der Waals surface area contributed by atoms with Gasteiger partial charge >= 0.3 is 0 Å². The van der Waals surface area contributed by atoms with E-state index < -0.39 is 0 Å². The Morgan fingerprint density at radius 3 is 2.90 bits per heavy atom. The highest BCUT2D eigenvalue weighted by Gasteiger charge is 2.22. The molecule has 6 heteroatoms. The summed E-state index contributed by atoms with van der Waals surface area (Å²) in [6.07, 6.45) is 4.99. The number of carbonyl (C=O) groups excluding carboxylic acids is 1. The smallest absolute Gasteiger partial charge is 0.248 e. The van der Waals surface area contributed by atoms with Crippen LogP contribution in [0.3, 0.4) is 0 Å². The molecule has 1 aromatic rings. The Hall–Kier alpha value is -0.980. The lowest BCUT2D eigenvalue weighted by atomic mass is 10.1. The van der Waals surface area contributed by atoms with Gasteiger partial charge < -0.3 is 15.0 Å². The zero-order chi connectivity index (χ0) is 14.4. The van der Waals surface area contributed by atoms with E-state index in [1.54, 1.807) is 18.4 Å². The van der Waals surface area contributed by atoms with Crippen LogP contribution in [0.2, 0.25) is 0 Å². The van der Waals surface area contributed by atoms with Crippen molar-refractivity contribution in [1.82, 2.24) is 15.2 Å². The molecule has 0 atom stereocenters. The first-order valence-electron chi connectivity index (χ1n) is 7.16. The predicted molar refractivity (Wildman–Crippen MR) is 79.8 cm³/mol. The number of carbonyl (C=O) groups is 1. The predicted octanol–water partition coefficient (Wildman–Crippen LogP) is 1.43. The minimum absolute atomic E-state index is 0.0981. The number of ether oxygens (including phenoxy) is 1. The lowest BCUT2D eigenvalue weighted by Crippen LogP contribution is -2.45. The van der Waals surface area contributed by atoms with Crippen LogP contribution in [0.15, 0.2) is 6.20 Å². The fourth-order valence-electron chi connectivity index (χ4n) is 2.39. The Labute approximate surface area is 124 Å². The molecule has 1 aromatic heterocycles. The first-order chi connectivity index (χ1) is 9.72. The molecule has 0 aliphatic carbocycles. The first kappa shape index (κ1) is 15.4. The van der Waals surface area contributed by atoms with E-state index in [2.05, 4.69) is 17.2 Å². The van der Waals surface area contributed by atoms with E-state index >= 15 is 0 Å². The highest BCUT2D eigenvalue weighted by molar-refractivity contribution is 7.11. The number of hydrogen-bond acceptors (Lipinski definition) is 5. The molecule has 0 radical (unpaired) electrons. The quantitative estimate of drug-likeness (QED) is 0.863. The van der Waals surface area contributed by atoms with Crippen LogP contribution in [0.1, 0.15) is 29.7 Å². The zero-order valence-electron chi connectivity index (χ0n) is 12.2. The van der Waals surface area contributed by atoms with Crippen LogP contribution in [0.4, 0.5) is 0 Å². The summed E-state index contributed by atoms with van der Waals surface area (Å²) in [7, 11) is 1.56. The van der Waals surface area contributed by atoms with Crippen LogP contribution in [0.5, 0.6) is 0 Å². The Kier molecular flexibility index (Phi) is 5.94. The monoisotopic (exact) mass is 297 g/mol. The van der Waals surface area contributed by atoms with Gasteiger partial charge in [0.1, 0.15) is 6.61 Å². The van der Waals surface area contributed by atoms with Crippen LogP contribution in [-0.2, 0) is 22.5 Å². The molecule has 0 saturated carbocycles. The van der Waals surface area contributed by atoms with Crippen molar-refractivity contribution in [2.45, 2.75) is 38.8 Å². The number of hydrogen-bond donors (Lipinski definition) is 1. The first-order valence-corrected chi connectivity index (χ1v) is 7.98. The van der Waals surface area contributed by atoms with E-state index in [1.807, 2.05) is 11.1 Å². The van der Waals surface area contributed by atoms with Crippen molar-refractivity contribution in [1.29, 1.82) is 0 Å². The third-order valence-electron chi connectivity index (χ3n) is 3.58. The molecule has 1 fully saturated rings. The fraction of sp³-hybridized carbons (Fsp3) is 0.714. The van der Waals surface area contributed by atoms with Crippen molar-refractivity contribution in [3.8, 4) is 0 Å². The molecule has 1 amide bonds. The molecule has 112 valence electrons. The number of thiazole rings is 1. The molecular weight excluding hydrogens is 274 g/mol. The Balaban J connectivity index is 1.70. The van der Waals surface area contributed by atoms with Crippen LogP contribution < -0.4 is 5.32 Å². The van der Waals surface area contributed by atoms with E-state index in [1.165, 1.54) is 9.88 Å². The molecule has 1 aliphatic rings. The van der Waals surface area contributed by atoms with Gasteiger partial charge in [-0.2, -0.15) is 0 Å². The van der Waals surface area contributed by atoms with Crippen molar-refractivity contribution < 1.29 is 9.53 Å². The van der Waals surface area contributed by atoms with E-state index in [4.69, 9.17) is 4.74 Å². The van der Waals surface area contributed by atoms with Gasteiger partial charge in [-0.15, -0.1) is 11.3 Å². The van der Waals surface area contributed by atoms with Gasteiger partial charge in [-0.25, -0.2) is 4.98 Å². The maximum Gasteiger partial charge on any atom is 0.248 e. The number of amides is 1. The van der Waals surface area contributed by atoms with Gasteiger partial charge in [0.15, 0.2) is 0 Å². The summed E-state index contributed by atoms with van der Waals surface area (Å²) in [5.74, 6) is 0.0981. The lowest BCUT2D eigenvalue weighted by Gasteiger charge is -2.32. The number of nitrogens with zero attached hydrogens (tertiary/aromatic N) is 2. The van der Waals surface area contributed by atoms with Crippen molar-refractivity contribution in [2.24, 2.45) is 0 Å². The second kappa shape index (κ2) is 7.71. The van der Waals surface area contributed by atoms with E-state index in [-0.39, 0.29) is 12.5 Å². The molecule has 1 saturated heterocycles. The number of rotatable bonds is 6. The molecule has 0 aromatic carbocycles. The minimum atomic E-state index is 0.0981. The van der Waals surface area contributed by atoms with Crippen LogP contribution in [0.25, 0.3) is 0 Å². The maximum atomic E-state index is 11.7. The summed E-state index contributed by atoms with van der Waals surface area (Å²) in [4.78, 5) is 19.2. The minimum Gasteiger partial charge on any atom is -0.375 e. The van der Waals surface area contributed by atoms with Crippen LogP contribution in [-0.4, -0.2) is 48.6 Å². The number of aryl methyl sites for hydroxylation is 1. The van der Waals surface area contributed by atoms with Crippen molar-refractivity contribution in [3.05, 3.63) is 16.1 Å². The summed E-state index contributed by atoms with van der Waals surface area (Å²) < 4.78 is 4.89. The Bertz CT molecular complexity index is 428. The molecule has 5 nitrogen and oxygen atoms in total. The fourth-order valence-corrected chi connectivity index (χ4v) is 3.20.